The minimum Gasteiger partial charge on any atom is -0.480 e. The number of amides is 1. The van der Waals surface area contributed by atoms with Crippen molar-refractivity contribution < 1.29 is 37.0 Å². The van der Waals surface area contributed by atoms with Gasteiger partial charge in [0.25, 0.3) is 0 Å². The van der Waals surface area contributed by atoms with E-state index in [-0.39, 0.29) is 13.0 Å². The van der Waals surface area contributed by atoms with Crippen LogP contribution in [0.3, 0.4) is 0 Å². The van der Waals surface area contributed by atoms with Gasteiger partial charge >= 0.3 is 12.3 Å². The Balaban J connectivity index is 1.80. The van der Waals surface area contributed by atoms with Gasteiger partial charge < -0.3 is 14.7 Å². The molecule has 9 heteroatoms. The van der Waals surface area contributed by atoms with Gasteiger partial charge in [-0.15, -0.1) is 13.2 Å². The lowest BCUT2D eigenvalue weighted by Gasteiger charge is -2.26. The minimum absolute atomic E-state index is 0.254. The second-order valence-corrected chi connectivity index (χ2v) is 6.30. The Morgan fingerprint density at radius 2 is 1.80 bits per heavy atom. The molecule has 3 rings (SSSR count). The zero-order chi connectivity index (χ0) is 18.4. The number of alkyl halides is 4. The number of benzene rings is 1. The van der Waals surface area contributed by atoms with Crippen molar-refractivity contribution in [2.75, 3.05) is 6.54 Å². The highest BCUT2D eigenvalue weighted by molar-refractivity contribution is 5.94. The van der Waals surface area contributed by atoms with Crippen LogP contribution in [-0.4, -0.2) is 47.0 Å². The Kier molecular flexibility index (Phi) is 4.12. The molecule has 0 aromatic heterocycles. The molecule has 1 aromatic carbocycles. The lowest BCUT2D eigenvalue weighted by molar-refractivity contribution is -0.274. The third kappa shape index (κ3) is 3.40. The third-order valence-electron chi connectivity index (χ3n) is 4.60. The second kappa shape index (κ2) is 5.89. The molecule has 1 N–H and O–H groups in total. The Morgan fingerprint density at radius 3 is 2.28 bits per heavy atom. The number of halogens is 4. The maximum absolute atomic E-state index is 13.6. The normalized spacial score (nSPS) is 24.9. The van der Waals surface area contributed by atoms with Gasteiger partial charge in [0.05, 0.1) is 12.0 Å². The summed E-state index contributed by atoms with van der Waals surface area (Å²) in [6.45, 7) is -0.285. The van der Waals surface area contributed by atoms with E-state index in [1.165, 1.54) is 12.1 Å². The van der Waals surface area contributed by atoms with Crippen LogP contribution in [0.1, 0.15) is 24.8 Å². The van der Waals surface area contributed by atoms with Crippen molar-refractivity contribution in [2.45, 2.75) is 43.3 Å². The van der Waals surface area contributed by atoms with Crippen LogP contribution in [0.4, 0.5) is 17.6 Å². The van der Waals surface area contributed by atoms with Gasteiger partial charge in [0.2, 0.25) is 5.91 Å². The van der Waals surface area contributed by atoms with E-state index in [1.807, 2.05) is 0 Å². The zero-order valence-corrected chi connectivity index (χ0v) is 12.9. The fourth-order valence-corrected chi connectivity index (χ4v) is 3.24. The predicted molar refractivity (Wildman–Crippen MR) is 76.7 cm³/mol. The van der Waals surface area contributed by atoms with E-state index in [0.717, 1.165) is 17.0 Å². The average molecular weight is 361 g/mol. The molecular weight excluding hydrogens is 346 g/mol. The molecule has 1 heterocycles. The van der Waals surface area contributed by atoms with Crippen molar-refractivity contribution in [2.24, 2.45) is 0 Å². The van der Waals surface area contributed by atoms with E-state index in [0.29, 0.717) is 18.4 Å². The number of hydrogen-bond donors (Lipinski definition) is 1. The van der Waals surface area contributed by atoms with Crippen molar-refractivity contribution in [3.63, 3.8) is 0 Å². The van der Waals surface area contributed by atoms with E-state index in [4.69, 9.17) is 5.11 Å². The smallest absolute Gasteiger partial charge is 0.480 e. The van der Waals surface area contributed by atoms with E-state index >= 15 is 0 Å². The van der Waals surface area contributed by atoms with Gasteiger partial charge in [-0.1, -0.05) is 12.1 Å². The number of carboxylic acids is 1. The van der Waals surface area contributed by atoms with Crippen LogP contribution in [0.5, 0.6) is 5.75 Å². The summed E-state index contributed by atoms with van der Waals surface area (Å²) in [6, 6.07) is 3.70. The highest BCUT2D eigenvalue weighted by atomic mass is 19.4. The first-order valence-corrected chi connectivity index (χ1v) is 7.67. The molecule has 1 aliphatic heterocycles. The molecule has 1 saturated heterocycles. The number of carboxylic acid groups (broad SMARTS) is 1. The highest BCUT2D eigenvalue weighted by Gasteiger charge is 2.56. The highest BCUT2D eigenvalue weighted by Crippen LogP contribution is 2.51. The van der Waals surface area contributed by atoms with Crippen LogP contribution < -0.4 is 4.74 Å². The molecule has 0 radical (unpaired) electrons. The summed E-state index contributed by atoms with van der Waals surface area (Å²) in [7, 11) is 0. The van der Waals surface area contributed by atoms with Gasteiger partial charge in [0, 0.05) is 6.42 Å². The van der Waals surface area contributed by atoms with E-state index in [1.54, 1.807) is 0 Å². The maximum Gasteiger partial charge on any atom is 0.573 e. The number of carbonyl (C=O) groups excluding carboxylic acids is 1. The van der Waals surface area contributed by atoms with Crippen molar-refractivity contribution in [1.29, 1.82) is 0 Å². The maximum atomic E-state index is 13.6. The largest absolute Gasteiger partial charge is 0.573 e. The van der Waals surface area contributed by atoms with Gasteiger partial charge in [-0.25, -0.2) is 9.18 Å². The molecule has 2 fully saturated rings. The summed E-state index contributed by atoms with van der Waals surface area (Å²) in [5.41, 5.74) is -0.521. The van der Waals surface area contributed by atoms with Crippen LogP contribution in [-0.2, 0) is 15.0 Å². The lowest BCUT2D eigenvalue weighted by atomic mass is 9.94. The topological polar surface area (TPSA) is 66.8 Å². The van der Waals surface area contributed by atoms with E-state index in [9.17, 15) is 27.2 Å². The predicted octanol–water partition coefficient (Wildman–Crippen LogP) is 2.64. The van der Waals surface area contributed by atoms with Crippen LogP contribution in [0, 0.1) is 0 Å². The van der Waals surface area contributed by atoms with Gasteiger partial charge in [-0.3, -0.25) is 4.79 Å². The lowest BCUT2D eigenvalue weighted by Crippen LogP contribution is -2.45. The molecule has 2 atom stereocenters. The molecule has 0 spiro atoms. The number of aliphatic carboxylic acids is 1. The third-order valence-corrected chi connectivity index (χ3v) is 4.60. The van der Waals surface area contributed by atoms with Gasteiger partial charge in [-0.05, 0) is 30.5 Å². The Labute approximate surface area is 140 Å². The first-order chi connectivity index (χ1) is 11.6. The number of rotatable bonds is 4. The first-order valence-electron chi connectivity index (χ1n) is 7.67. The molecule has 1 aliphatic carbocycles. The van der Waals surface area contributed by atoms with Gasteiger partial charge in [0.1, 0.15) is 18.0 Å². The zero-order valence-electron chi connectivity index (χ0n) is 12.9. The van der Waals surface area contributed by atoms with Crippen LogP contribution in [0.15, 0.2) is 24.3 Å². The summed E-state index contributed by atoms with van der Waals surface area (Å²) in [4.78, 5) is 25.1. The summed E-state index contributed by atoms with van der Waals surface area (Å²) in [6.07, 6.45) is -5.59. The summed E-state index contributed by atoms with van der Waals surface area (Å²) >= 11 is 0. The van der Waals surface area contributed by atoms with Gasteiger partial charge in [-0.2, -0.15) is 0 Å². The van der Waals surface area contributed by atoms with E-state index < -0.39 is 41.6 Å². The molecule has 2 aliphatic rings. The first kappa shape index (κ1) is 17.5. The number of likely N-dealkylation sites (tertiary alicyclic amines) is 1. The van der Waals surface area contributed by atoms with Crippen LogP contribution in [0.25, 0.3) is 0 Å². The number of carbonyl (C=O) groups is 2. The molecule has 0 bridgehead atoms. The second-order valence-electron chi connectivity index (χ2n) is 6.30. The van der Waals surface area contributed by atoms with Crippen LogP contribution >= 0.6 is 0 Å². The Bertz CT molecular complexity index is 684. The Morgan fingerprint density at radius 1 is 1.20 bits per heavy atom. The van der Waals surface area contributed by atoms with Crippen LogP contribution in [0.2, 0.25) is 0 Å². The monoisotopic (exact) mass is 361 g/mol. The summed E-state index contributed by atoms with van der Waals surface area (Å²) < 4.78 is 54.0. The van der Waals surface area contributed by atoms with Crippen molar-refractivity contribution in [3.05, 3.63) is 29.8 Å². The van der Waals surface area contributed by atoms with E-state index in [2.05, 4.69) is 4.74 Å². The fourth-order valence-electron chi connectivity index (χ4n) is 3.24. The molecule has 1 aromatic rings. The molecule has 1 saturated carbocycles. The summed E-state index contributed by atoms with van der Waals surface area (Å²) in [5.74, 6) is -2.17. The molecule has 5 nitrogen and oxygen atoms in total. The molecule has 25 heavy (non-hydrogen) atoms. The number of nitrogens with zero attached hydrogens (tertiary/aromatic N) is 1. The molecule has 136 valence electrons. The van der Waals surface area contributed by atoms with Crippen molar-refractivity contribution >= 4 is 11.9 Å². The van der Waals surface area contributed by atoms with Crippen molar-refractivity contribution in [3.8, 4) is 5.75 Å². The number of hydrogen-bond acceptors (Lipinski definition) is 3. The Hall–Kier alpha value is -2.32. The molecule has 1 amide bonds. The average Bonchev–Trinajstić information content (AvgIpc) is 3.22. The molecule has 0 unspecified atom stereocenters. The standard InChI is InChI=1S/C16H15F4NO4/c17-10-7-12(13(22)23)21(8-10)14(24)15(5-6-15)9-1-3-11(4-2-9)25-16(18,19)20/h1-4,10,12H,5-8H2,(H,22,23)/t10-,12+/m1/s1. The van der Waals surface area contributed by atoms with Crippen molar-refractivity contribution in [1.82, 2.24) is 4.90 Å². The SMILES string of the molecule is O=C(O)[C@@H]1C[C@@H](F)CN1C(=O)C1(c2ccc(OC(F)(F)F)cc2)CC1. The quantitative estimate of drug-likeness (QED) is 0.838. The summed E-state index contributed by atoms with van der Waals surface area (Å²) in [5, 5.41) is 9.17. The minimum atomic E-state index is -4.81. The fraction of sp³-hybridized carbons (Fsp3) is 0.500. The molecular formula is C16H15F4NO4. The number of ether oxygens (including phenoxy) is 1. The van der Waals surface area contributed by atoms with Gasteiger partial charge in [0.15, 0.2) is 0 Å².